The number of rotatable bonds is 6. The predicted octanol–water partition coefficient (Wildman–Crippen LogP) is 2.89. The van der Waals surface area contributed by atoms with Gasteiger partial charge in [0.15, 0.2) is 0 Å². The summed E-state index contributed by atoms with van der Waals surface area (Å²) in [4.78, 5) is 38.6. The molecular weight excluding hydrogens is 473 g/mol. The number of nitrogens with zero attached hydrogens (tertiary/aromatic N) is 4. The number of piperidine rings is 1. The van der Waals surface area contributed by atoms with E-state index in [-0.39, 0.29) is 18.0 Å². The second-order valence-electron chi connectivity index (χ2n) is 12.4. The number of anilines is 1. The van der Waals surface area contributed by atoms with Gasteiger partial charge in [-0.1, -0.05) is 0 Å². The van der Waals surface area contributed by atoms with Gasteiger partial charge in [0.2, 0.25) is 11.9 Å². The highest BCUT2D eigenvalue weighted by molar-refractivity contribution is 6.61. The standard InChI is InChI=1S/C26H44BN5O5/c1-17(2)32(22-28-14-19(15-29-22)27-36-25(7,8)26(9,10)37-27)20-12-11-13-31(16-20)21(33)18(3)30-23(34)35-24(4,5)6/h14-15,17-18,20H,11-13,16H2,1-10H3,(H,30,34)/t18?,20-/m1/s1. The Morgan fingerprint density at radius 1 is 1.14 bits per heavy atom. The number of alkyl carbamates (subject to hydrolysis) is 1. The Kier molecular flexibility index (Phi) is 8.49. The van der Waals surface area contributed by atoms with Gasteiger partial charge in [-0.05, 0) is 82.1 Å². The van der Waals surface area contributed by atoms with Crippen LogP contribution >= 0.6 is 0 Å². The summed E-state index contributed by atoms with van der Waals surface area (Å²) in [7, 11) is -0.520. The van der Waals surface area contributed by atoms with Crippen LogP contribution in [0.15, 0.2) is 12.4 Å². The van der Waals surface area contributed by atoms with Crippen LogP contribution in [0.2, 0.25) is 0 Å². The van der Waals surface area contributed by atoms with Crippen LogP contribution < -0.4 is 15.7 Å². The van der Waals surface area contributed by atoms with Gasteiger partial charge in [-0.25, -0.2) is 14.8 Å². The van der Waals surface area contributed by atoms with Crippen LogP contribution in [-0.4, -0.2) is 82.0 Å². The van der Waals surface area contributed by atoms with E-state index >= 15 is 0 Å². The summed E-state index contributed by atoms with van der Waals surface area (Å²) in [6.07, 6.45) is 4.70. The molecule has 2 amide bonds. The van der Waals surface area contributed by atoms with E-state index in [1.807, 2.05) is 32.6 Å². The van der Waals surface area contributed by atoms with E-state index in [0.717, 1.165) is 18.3 Å². The summed E-state index contributed by atoms with van der Waals surface area (Å²) < 4.78 is 17.6. The summed E-state index contributed by atoms with van der Waals surface area (Å²) >= 11 is 0. The zero-order chi connectivity index (χ0) is 27.8. The molecule has 1 aromatic heterocycles. The molecule has 2 aliphatic rings. The quantitative estimate of drug-likeness (QED) is 0.575. The maximum atomic E-state index is 13.1. The first-order valence-corrected chi connectivity index (χ1v) is 13.2. The molecule has 0 aromatic carbocycles. The Balaban J connectivity index is 1.68. The van der Waals surface area contributed by atoms with Crippen molar-refractivity contribution in [2.24, 2.45) is 0 Å². The molecule has 1 unspecified atom stereocenters. The molecular formula is C26H44BN5O5. The van der Waals surface area contributed by atoms with Gasteiger partial charge in [-0.15, -0.1) is 0 Å². The zero-order valence-corrected chi connectivity index (χ0v) is 24.1. The third-order valence-corrected chi connectivity index (χ3v) is 7.18. The normalized spacial score (nSPS) is 22.1. The molecule has 2 saturated heterocycles. The predicted molar refractivity (Wildman–Crippen MR) is 144 cm³/mol. The molecule has 2 fully saturated rings. The van der Waals surface area contributed by atoms with Crippen molar-refractivity contribution in [1.29, 1.82) is 0 Å². The minimum absolute atomic E-state index is 0.0501. The molecule has 0 bridgehead atoms. The van der Waals surface area contributed by atoms with Gasteiger partial charge in [0.05, 0.1) is 11.2 Å². The van der Waals surface area contributed by atoms with Crippen molar-refractivity contribution in [3.63, 3.8) is 0 Å². The number of likely N-dealkylation sites (tertiary alicyclic amines) is 1. The van der Waals surface area contributed by atoms with E-state index in [4.69, 9.17) is 14.0 Å². The monoisotopic (exact) mass is 517 g/mol. The van der Waals surface area contributed by atoms with Crippen molar-refractivity contribution in [2.45, 2.75) is 117 Å². The minimum atomic E-state index is -0.684. The van der Waals surface area contributed by atoms with Gasteiger partial charge in [0.1, 0.15) is 11.6 Å². The summed E-state index contributed by atoms with van der Waals surface area (Å²) in [5.41, 5.74) is -0.728. The summed E-state index contributed by atoms with van der Waals surface area (Å²) in [5, 5.41) is 2.66. The fraction of sp³-hybridized carbons (Fsp3) is 0.769. The van der Waals surface area contributed by atoms with Crippen LogP contribution in [0.25, 0.3) is 0 Å². The lowest BCUT2D eigenvalue weighted by molar-refractivity contribution is -0.134. The van der Waals surface area contributed by atoms with Crippen molar-refractivity contribution in [3.8, 4) is 0 Å². The van der Waals surface area contributed by atoms with Gasteiger partial charge in [0, 0.05) is 43.0 Å². The molecule has 206 valence electrons. The topological polar surface area (TPSA) is 106 Å². The lowest BCUT2D eigenvalue weighted by Gasteiger charge is -2.42. The number of carbonyl (C=O) groups excluding carboxylic acids is 2. The fourth-order valence-corrected chi connectivity index (χ4v) is 4.58. The number of nitrogens with one attached hydrogen (secondary N) is 1. The number of aromatic nitrogens is 2. The average Bonchev–Trinajstić information content (AvgIpc) is 2.99. The van der Waals surface area contributed by atoms with Gasteiger partial charge in [-0.3, -0.25) is 4.79 Å². The fourth-order valence-electron chi connectivity index (χ4n) is 4.58. The SMILES string of the molecule is CC(NC(=O)OC(C)(C)C)C(=O)N1CCC[C@@H](N(c2ncc(B3OC(C)(C)C(C)(C)O3)cn2)C(C)C)C1. The average molecular weight is 517 g/mol. The third kappa shape index (κ3) is 6.93. The number of hydrogen-bond acceptors (Lipinski definition) is 8. The molecule has 0 aliphatic carbocycles. The maximum absolute atomic E-state index is 13.1. The van der Waals surface area contributed by atoms with Crippen LogP contribution in [0.1, 0.15) is 82.1 Å². The van der Waals surface area contributed by atoms with Gasteiger partial charge >= 0.3 is 13.2 Å². The Bertz CT molecular complexity index is 947. The van der Waals surface area contributed by atoms with Crippen LogP contribution in [0.5, 0.6) is 0 Å². The van der Waals surface area contributed by atoms with Crippen molar-refractivity contribution in [3.05, 3.63) is 12.4 Å². The summed E-state index contributed by atoms with van der Waals surface area (Å²) in [6.45, 7) is 20.5. The van der Waals surface area contributed by atoms with Crippen molar-refractivity contribution < 1.29 is 23.6 Å². The number of amides is 2. The van der Waals surface area contributed by atoms with Crippen LogP contribution in [0, 0.1) is 0 Å². The summed E-state index contributed by atoms with van der Waals surface area (Å²) in [6, 6.07) is -0.509. The Morgan fingerprint density at radius 2 is 1.70 bits per heavy atom. The molecule has 11 heteroatoms. The second kappa shape index (κ2) is 10.8. The number of hydrogen-bond donors (Lipinski definition) is 1. The van der Waals surface area contributed by atoms with Gasteiger partial charge in [-0.2, -0.15) is 0 Å². The molecule has 0 saturated carbocycles. The highest BCUT2D eigenvalue weighted by atomic mass is 16.7. The first kappa shape index (κ1) is 29.2. The molecule has 1 aromatic rings. The Labute approximate surface area is 222 Å². The van der Waals surface area contributed by atoms with Crippen LogP contribution in [0.4, 0.5) is 10.7 Å². The first-order valence-electron chi connectivity index (χ1n) is 13.2. The van der Waals surface area contributed by atoms with E-state index in [1.165, 1.54) is 0 Å². The lowest BCUT2D eigenvalue weighted by Crippen LogP contribution is -2.56. The lowest BCUT2D eigenvalue weighted by atomic mass is 9.81. The highest BCUT2D eigenvalue weighted by Crippen LogP contribution is 2.36. The third-order valence-electron chi connectivity index (χ3n) is 7.18. The zero-order valence-electron chi connectivity index (χ0n) is 24.1. The van der Waals surface area contributed by atoms with E-state index in [9.17, 15) is 9.59 Å². The maximum Gasteiger partial charge on any atom is 0.498 e. The molecule has 2 aliphatic heterocycles. The van der Waals surface area contributed by atoms with E-state index in [1.54, 1.807) is 40.1 Å². The van der Waals surface area contributed by atoms with Crippen molar-refractivity contribution >= 4 is 30.5 Å². The smallest absolute Gasteiger partial charge is 0.444 e. The van der Waals surface area contributed by atoms with Gasteiger partial charge < -0.3 is 29.2 Å². The molecule has 10 nitrogen and oxygen atoms in total. The molecule has 2 atom stereocenters. The van der Waals surface area contributed by atoms with Crippen molar-refractivity contribution in [2.75, 3.05) is 18.0 Å². The van der Waals surface area contributed by atoms with E-state index in [2.05, 4.69) is 34.0 Å². The Hall–Kier alpha value is -2.40. The molecule has 3 rings (SSSR count). The van der Waals surface area contributed by atoms with Gasteiger partial charge in [0.25, 0.3) is 0 Å². The van der Waals surface area contributed by atoms with E-state index in [0.29, 0.717) is 19.0 Å². The molecule has 0 radical (unpaired) electrons. The molecule has 3 heterocycles. The van der Waals surface area contributed by atoms with Crippen molar-refractivity contribution in [1.82, 2.24) is 20.2 Å². The molecule has 1 N–H and O–H groups in total. The van der Waals surface area contributed by atoms with Crippen LogP contribution in [-0.2, 0) is 18.8 Å². The minimum Gasteiger partial charge on any atom is -0.444 e. The number of ether oxygens (including phenoxy) is 1. The largest absolute Gasteiger partial charge is 0.498 e. The number of carbonyl (C=O) groups is 2. The highest BCUT2D eigenvalue weighted by Gasteiger charge is 2.52. The molecule has 0 spiro atoms. The second-order valence-corrected chi connectivity index (χ2v) is 12.4. The Morgan fingerprint density at radius 3 is 2.22 bits per heavy atom. The summed E-state index contributed by atoms with van der Waals surface area (Å²) in [5.74, 6) is 0.478. The van der Waals surface area contributed by atoms with Crippen LogP contribution in [0.3, 0.4) is 0 Å². The first-order chi connectivity index (χ1) is 17.0. The van der Waals surface area contributed by atoms with E-state index < -0.39 is 36.1 Å². The molecule has 37 heavy (non-hydrogen) atoms.